The maximum Gasteiger partial charge on any atom is 0.151 e. The molecule has 17 heavy (non-hydrogen) atoms. The summed E-state index contributed by atoms with van der Waals surface area (Å²) < 4.78 is 5.69. The fourth-order valence-electron chi connectivity index (χ4n) is 1.31. The molecule has 0 saturated carbocycles. The largest absolute Gasteiger partial charge is 0.486 e. The van der Waals surface area contributed by atoms with E-state index < -0.39 is 0 Å². The van der Waals surface area contributed by atoms with Gasteiger partial charge in [-0.2, -0.15) is 5.10 Å². The molecule has 1 aromatic carbocycles. The van der Waals surface area contributed by atoms with Crippen molar-refractivity contribution in [3.05, 3.63) is 47.2 Å². The predicted octanol–water partition coefficient (Wildman–Crippen LogP) is 3.43. The highest BCUT2D eigenvalue weighted by Gasteiger charge is 2.02. The average Bonchev–Trinajstić information content (AvgIpc) is 2.38. The van der Waals surface area contributed by atoms with E-state index in [-0.39, 0.29) is 0 Å². The van der Waals surface area contributed by atoms with Gasteiger partial charge in [-0.1, -0.05) is 23.7 Å². The molecule has 0 atom stereocenters. The van der Waals surface area contributed by atoms with Gasteiger partial charge in [-0.15, -0.1) is 16.9 Å². The summed E-state index contributed by atoms with van der Waals surface area (Å²) in [5.74, 6) is 0.858. The molecule has 0 amide bonds. The molecule has 0 N–H and O–H groups in total. The molecular formula is C12H11ClN2OS. The Balaban J connectivity index is 2.04. The van der Waals surface area contributed by atoms with E-state index in [0.29, 0.717) is 11.8 Å². The number of hydrogen-bond donors (Lipinski definition) is 0. The van der Waals surface area contributed by atoms with Gasteiger partial charge >= 0.3 is 0 Å². The number of aromatic nitrogens is 2. The predicted molar refractivity (Wildman–Crippen MR) is 69.6 cm³/mol. The minimum Gasteiger partial charge on any atom is -0.486 e. The molecule has 0 radical (unpaired) electrons. The molecule has 0 bridgehead atoms. The quantitative estimate of drug-likeness (QED) is 0.794. The van der Waals surface area contributed by atoms with Crippen LogP contribution in [0.15, 0.2) is 41.3 Å². The summed E-state index contributed by atoms with van der Waals surface area (Å²) in [6, 6.07) is 11.4. The molecule has 0 spiro atoms. The van der Waals surface area contributed by atoms with Crippen molar-refractivity contribution in [3.63, 3.8) is 0 Å². The van der Waals surface area contributed by atoms with Crippen LogP contribution in [-0.4, -0.2) is 16.5 Å². The second-order valence-corrected chi connectivity index (χ2v) is 4.52. The van der Waals surface area contributed by atoms with E-state index in [2.05, 4.69) is 10.2 Å². The van der Waals surface area contributed by atoms with Crippen molar-refractivity contribution >= 4 is 23.4 Å². The van der Waals surface area contributed by atoms with E-state index in [1.807, 2.05) is 30.5 Å². The number of ether oxygens (including phenoxy) is 1. The molecule has 0 fully saturated rings. The van der Waals surface area contributed by atoms with Gasteiger partial charge in [0.15, 0.2) is 5.15 Å². The van der Waals surface area contributed by atoms with Crippen molar-refractivity contribution in [2.45, 2.75) is 11.5 Å². The third kappa shape index (κ3) is 3.35. The van der Waals surface area contributed by atoms with Gasteiger partial charge in [0.05, 0.1) is 0 Å². The molecule has 2 aromatic rings. The lowest BCUT2D eigenvalue weighted by atomic mass is 10.3. The number of rotatable bonds is 4. The molecule has 3 nitrogen and oxygen atoms in total. The molecule has 0 aliphatic carbocycles. The van der Waals surface area contributed by atoms with Crippen LogP contribution in [0.25, 0.3) is 0 Å². The number of hydrogen-bond acceptors (Lipinski definition) is 4. The number of nitrogens with zero attached hydrogens (tertiary/aromatic N) is 2. The summed E-state index contributed by atoms with van der Waals surface area (Å²) in [5, 5.41) is 8.09. The lowest BCUT2D eigenvalue weighted by Crippen LogP contribution is -2.00. The third-order valence-corrected chi connectivity index (χ3v) is 3.11. The number of thioether (sulfide) groups is 1. The van der Waals surface area contributed by atoms with E-state index in [0.717, 1.165) is 16.3 Å². The third-order valence-electron chi connectivity index (χ3n) is 2.13. The van der Waals surface area contributed by atoms with Crippen LogP contribution in [0.4, 0.5) is 0 Å². The Morgan fingerprint density at radius 2 is 2.00 bits per heavy atom. The second-order valence-electron chi connectivity index (χ2n) is 3.29. The molecule has 88 valence electrons. The highest BCUT2D eigenvalue weighted by atomic mass is 35.5. The Labute approximate surface area is 109 Å². The molecule has 0 saturated heterocycles. The summed E-state index contributed by atoms with van der Waals surface area (Å²) in [4.78, 5) is 1.11. The van der Waals surface area contributed by atoms with Gasteiger partial charge < -0.3 is 4.74 Å². The van der Waals surface area contributed by atoms with Crippen molar-refractivity contribution in [2.75, 3.05) is 6.26 Å². The smallest absolute Gasteiger partial charge is 0.151 e. The van der Waals surface area contributed by atoms with Crippen LogP contribution in [0.1, 0.15) is 5.69 Å². The zero-order valence-corrected chi connectivity index (χ0v) is 10.8. The van der Waals surface area contributed by atoms with E-state index in [4.69, 9.17) is 16.3 Å². The Morgan fingerprint density at radius 1 is 1.18 bits per heavy atom. The fourth-order valence-corrected chi connectivity index (χ4v) is 1.95. The van der Waals surface area contributed by atoms with Crippen LogP contribution in [0.5, 0.6) is 5.75 Å². The summed E-state index contributed by atoms with van der Waals surface area (Å²) in [7, 11) is 0. The molecule has 1 heterocycles. The minimum absolute atomic E-state index is 0.387. The second kappa shape index (κ2) is 5.89. The summed E-state index contributed by atoms with van der Waals surface area (Å²) in [5.41, 5.74) is 0.755. The zero-order chi connectivity index (χ0) is 12.1. The molecule has 2 rings (SSSR count). The first-order chi connectivity index (χ1) is 8.29. The number of para-hydroxylation sites is 1. The Bertz CT molecular complexity index is 490. The molecule has 0 aliphatic heterocycles. The SMILES string of the molecule is CSc1ccccc1OCc1ccc(Cl)nn1. The molecular weight excluding hydrogens is 256 g/mol. The van der Waals surface area contributed by atoms with E-state index >= 15 is 0 Å². The highest BCUT2D eigenvalue weighted by molar-refractivity contribution is 7.98. The van der Waals surface area contributed by atoms with Crippen LogP contribution in [0.3, 0.4) is 0 Å². The standard InChI is InChI=1S/C12H11ClN2OS/c1-17-11-5-3-2-4-10(11)16-8-9-6-7-12(13)15-14-9/h2-7H,8H2,1H3. The van der Waals surface area contributed by atoms with Gasteiger partial charge in [-0.25, -0.2) is 0 Å². The van der Waals surface area contributed by atoms with E-state index in [9.17, 15) is 0 Å². The highest BCUT2D eigenvalue weighted by Crippen LogP contribution is 2.27. The number of benzene rings is 1. The van der Waals surface area contributed by atoms with Crippen molar-refractivity contribution in [2.24, 2.45) is 0 Å². The Hall–Kier alpha value is -1.26. The van der Waals surface area contributed by atoms with Crippen LogP contribution in [0.2, 0.25) is 5.15 Å². The monoisotopic (exact) mass is 266 g/mol. The van der Waals surface area contributed by atoms with Gasteiger partial charge in [-0.05, 0) is 30.5 Å². The maximum absolute atomic E-state index is 5.69. The topological polar surface area (TPSA) is 35.0 Å². The van der Waals surface area contributed by atoms with Gasteiger partial charge in [0.25, 0.3) is 0 Å². The van der Waals surface area contributed by atoms with Crippen molar-refractivity contribution in [1.29, 1.82) is 0 Å². The molecule has 1 aromatic heterocycles. The van der Waals surface area contributed by atoms with Crippen molar-refractivity contribution in [1.82, 2.24) is 10.2 Å². The van der Waals surface area contributed by atoms with Crippen molar-refractivity contribution < 1.29 is 4.74 Å². The van der Waals surface area contributed by atoms with Crippen LogP contribution in [0, 0.1) is 0 Å². The van der Waals surface area contributed by atoms with Gasteiger partial charge in [0, 0.05) is 4.90 Å². The summed E-state index contributed by atoms with van der Waals surface area (Å²) >= 11 is 7.31. The molecule has 0 aliphatic rings. The fraction of sp³-hybridized carbons (Fsp3) is 0.167. The zero-order valence-electron chi connectivity index (χ0n) is 9.26. The minimum atomic E-state index is 0.387. The summed E-state index contributed by atoms with van der Waals surface area (Å²) in [6.45, 7) is 0.391. The van der Waals surface area contributed by atoms with Crippen LogP contribution < -0.4 is 4.74 Å². The first kappa shape index (κ1) is 12.2. The van der Waals surface area contributed by atoms with Gasteiger partial charge in [0.2, 0.25) is 0 Å². The average molecular weight is 267 g/mol. The lowest BCUT2D eigenvalue weighted by Gasteiger charge is -2.08. The Morgan fingerprint density at radius 3 is 2.71 bits per heavy atom. The maximum atomic E-state index is 5.69. The first-order valence-electron chi connectivity index (χ1n) is 5.03. The Kier molecular flexibility index (Phi) is 4.23. The van der Waals surface area contributed by atoms with Crippen LogP contribution >= 0.6 is 23.4 Å². The van der Waals surface area contributed by atoms with Crippen molar-refractivity contribution in [3.8, 4) is 5.75 Å². The number of halogens is 1. The van der Waals surface area contributed by atoms with E-state index in [1.165, 1.54) is 0 Å². The summed E-state index contributed by atoms with van der Waals surface area (Å²) in [6.07, 6.45) is 2.02. The van der Waals surface area contributed by atoms with Gasteiger partial charge in [-0.3, -0.25) is 0 Å². The van der Waals surface area contributed by atoms with E-state index in [1.54, 1.807) is 23.9 Å². The molecule has 5 heteroatoms. The van der Waals surface area contributed by atoms with Crippen LogP contribution in [-0.2, 0) is 6.61 Å². The van der Waals surface area contributed by atoms with Gasteiger partial charge in [0.1, 0.15) is 18.1 Å². The first-order valence-corrected chi connectivity index (χ1v) is 6.64. The molecule has 0 unspecified atom stereocenters. The normalized spacial score (nSPS) is 10.2. The lowest BCUT2D eigenvalue weighted by molar-refractivity contribution is 0.293.